The molecule has 1 N–H and O–H groups in total. The highest BCUT2D eigenvalue weighted by Gasteiger charge is 2.30. The molecule has 0 radical (unpaired) electrons. The van der Waals surface area contributed by atoms with Gasteiger partial charge in [-0.15, -0.1) is 0 Å². The lowest BCUT2D eigenvalue weighted by Gasteiger charge is -2.31. The summed E-state index contributed by atoms with van der Waals surface area (Å²) in [6.07, 6.45) is 1.72. The predicted octanol–water partition coefficient (Wildman–Crippen LogP) is 2.31. The molecule has 0 spiro atoms. The van der Waals surface area contributed by atoms with Crippen molar-refractivity contribution in [1.29, 1.82) is 0 Å². The summed E-state index contributed by atoms with van der Waals surface area (Å²) in [4.78, 5) is 27.4. The number of nitrogens with one attached hydrogen (secondary N) is 1. The first-order chi connectivity index (χ1) is 16.6. The second kappa shape index (κ2) is 11.4. The number of sulfonamides is 1. The molecule has 0 fully saturated rings. The van der Waals surface area contributed by atoms with Gasteiger partial charge in [-0.25, -0.2) is 12.8 Å². The van der Waals surface area contributed by atoms with Crippen molar-refractivity contribution in [3.8, 4) is 11.5 Å². The first-order valence-electron chi connectivity index (χ1n) is 11.3. The van der Waals surface area contributed by atoms with Gasteiger partial charge in [-0.3, -0.25) is 13.9 Å². The van der Waals surface area contributed by atoms with Crippen LogP contribution < -0.4 is 19.1 Å². The largest absolute Gasteiger partial charge is 0.486 e. The zero-order chi connectivity index (χ0) is 25.6. The van der Waals surface area contributed by atoms with Crippen LogP contribution >= 0.6 is 0 Å². The molecule has 190 valence electrons. The second-order valence-electron chi connectivity index (χ2n) is 8.21. The average Bonchev–Trinajstić information content (AvgIpc) is 2.83. The maximum absolute atomic E-state index is 13.5. The number of fused-ring (bicyclic) bond motifs is 1. The standard InChI is InChI=1S/C24H30FN3O6S/c1-4-11-26-24(30)17(2)27(15-18-5-7-19(25)8-6-18)23(29)16-28(35(3,31)32)20-9-10-21-22(14-20)34-13-12-33-21/h5-10,14,17H,4,11-13,15-16H2,1-3H3,(H,26,30)/t17-/m1/s1. The van der Waals surface area contributed by atoms with Gasteiger partial charge in [0.25, 0.3) is 0 Å². The summed E-state index contributed by atoms with van der Waals surface area (Å²) in [6.45, 7) is 4.09. The minimum atomic E-state index is -3.87. The lowest BCUT2D eigenvalue weighted by Crippen LogP contribution is -2.51. The molecule has 3 rings (SSSR count). The van der Waals surface area contributed by atoms with Gasteiger partial charge in [-0.05, 0) is 43.2 Å². The van der Waals surface area contributed by atoms with Crippen molar-refractivity contribution >= 4 is 27.5 Å². The molecule has 35 heavy (non-hydrogen) atoms. The second-order valence-corrected chi connectivity index (χ2v) is 10.1. The molecule has 0 aromatic heterocycles. The van der Waals surface area contributed by atoms with E-state index in [9.17, 15) is 22.4 Å². The number of anilines is 1. The van der Waals surface area contributed by atoms with Crippen LogP contribution in [0.2, 0.25) is 0 Å². The topological polar surface area (TPSA) is 105 Å². The zero-order valence-electron chi connectivity index (χ0n) is 20.0. The Labute approximate surface area is 204 Å². The highest BCUT2D eigenvalue weighted by molar-refractivity contribution is 7.92. The van der Waals surface area contributed by atoms with Crippen molar-refractivity contribution in [2.45, 2.75) is 32.9 Å². The predicted molar refractivity (Wildman–Crippen MR) is 129 cm³/mol. The molecule has 0 bridgehead atoms. The summed E-state index contributed by atoms with van der Waals surface area (Å²) in [5, 5.41) is 2.76. The number of amides is 2. The molecule has 1 heterocycles. The summed E-state index contributed by atoms with van der Waals surface area (Å²) in [7, 11) is -3.87. The zero-order valence-corrected chi connectivity index (χ0v) is 20.8. The highest BCUT2D eigenvalue weighted by atomic mass is 32.2. The number of ether oxygens (including phenoxy) is 2. The Morgan fingerprint density at radius 1 is 1.09 bits per heavy atom. The van der Waals surface area contributed by atoms with Crippen LogP contribution in [0.25, 0.3) is 0 Å². The van der Waals surface area contributed by atoms with Crippen molar-refractivity contribution in [2.24, 2.45) is 0 Å². The third kappa shape index (κ3) is 6.84. The maximum atomic E-state index is 13.5. The van der Waals surface area contributed by atoms with Crippen molar-refractivity contribution in [1.82, 2.24) is 10.2 Å². The van der Waals surface area contributed by atoms with Crippen LogP contribution in [0.1, 0.15) is 25.8 Å². The molecule has 0 saturated carbocycles. The van der Waals surface area contributed by atoms with E-state index in [4.69, 9.17) is 9.47 Å². The van der Waals surface area contributed by atoms with Gasteiger partial charge in [-0.2, -0.15) is 0 Å². The Balaban J connectivity index is 1.90. The van der Waals surface area contributed by atoms with E-state index in [1.807, 2.05) is 6.92 Å². The Morgan fingerprint density at radius 2 is 1.74 bits per heavy atom. The van der Waals surface area contributed by atoms with Crippen LogP contribution in [0.4, 0.5) is 10.1 Å². The summed E-state index contributed by atoms with van der Waals surface area (Å²) < 4.78 is 50.7. The van der Waals surface area contributed by atoms with Crippen molar-refractivity contribution in [2.75, 3.05) is 36.9 Å². The molecule has 1 aliphatic rings. The Bertz CT molecular complexity index is 1160. The number of benzene rings is 2. The van der Waals surface area contributed by atoms with Crippen molar-refractivity contribution in [3.05, 3.63) is 53.8 Å². The van der Waals surface area contributed by atoms with Crippen LogP contribution in [0.15, 0.2) is 42.5 Å². The summed E-state index contributed by atoms with van der Waals surface area (Å²) in [5.41, 5.74) is 0.829. The minimum Gasteiger partial charge on any atom is -0.486 e. The lowest BCUT2D eigenvalue weighted by molar-refractivity contribution is -0.139. The molecule has 2 aromatic rings. The summed E-state index contributed by atoms with van der Waals surface area (Å²) >= 11 is 0. The van der Waals surface area contributed by atoms with E-state index < -0.39 is 34.3 Å². The maximum Gasteiger partial charge on any atom is 0.244 e. The van der Waals surface area contributed by atoms with E-state index in [1.165, 1.54) is 41.3 Å². The fraction of sp³-hybridized carbons (Fsp3) is 0.417. The van der Waals surface area contributed by atoms with E-state index in [0.29, 0.717) is 36.8 Å². The summed E-state index contributed by atoms with van der Waals surface area (Å²) in [5.74, 6) is -0.521. The average molecular weight is 508 g/mol. The molecule has 0 aliphatic carbocycles. The molecule has 2 aromatic carbocycles. The van der Waals surface area contributed by atoms with E-state index in [0.717, 1.165) is 17.0 Å². The third-order valence-corrected chi connectivity index (χ3v) is 6.62. The van der Waals surface area contributed by atoms with Gasteiger partial charge < -0.3 is 19.7 Å². The molecule has 0 saturated heterocycles. The van der Waals surface area contributed by atoms with E-state index in [-0.39, 0.29) is 18.1 Å². The van der Waals surface area contributed by atoms with Crippen LogP contribution in [-0.4, -0.2) is 63.7 Å². The Hall–Kier alpha value is -3.34. The number of carbonyl (C=O) groups is 2. The van der Waals surface area contributed by atoms with Crippen LogP contribution in [-0.2, 0) is 26.2 Å². The number of nitrogens with zero attached hydrogens (tertiary/aromatic N) is 2. The van der Waals surface area contributed by atoms with Gasteiger partial charge in [0.2, 0.25) is 21.8 Å². The Kier molecular flexibility index (Phi) is 8.55. The van der Waals surface area contributed by atoms with Crippen molar-refractivity contribution in [3.63, 3.8) is 0 Å². The number of hydrogen-bond acceptors (Lipinski definition) is 6. The highest BCUT2D eigenvalue weighted by Crippen LogP contribution is 2.34. The Morgan fingerprint density at radius 3 is 2.37 bits per heavy atom. The van der Waals surface area contributed by atoms with Crippen LogP contribution in [0.5, 0.6) is 11.5 Å². The fourth-order valence-electron chi connectivity index (χ4n) is 3.57. The fourth-order valence-corrected chi connectivity index (χ4v) is 4.41. The van der Waals surface area contributed by atoms with Gasteiger partial charge in [0, 0.05) is 19.2 Å². The van der Waals surface area contributed by atoms with Gasteiger partial charge in [0.15, 0.2) is 11.5 Å². The molecule has 11 heteroatoms. The van der Waals surface area contributed by atoms with Crippen molar-refractivity contribution < 1.29 is 31.9 Å². The molecule has 1 aliphatic heterocycles. The molecule has 1 atom stereocenters. The van der Waals surface area contributed by atoms with Gasteiger partial charge in [0.1, 0.15) is 31.6 Å². The molecule has 9 nitrogen and oxygen atoms in total. The van der Waals surface area contributed by atoms with E-state index in [1.54, 1.807) is 13.0 Å². The van der Waals surface area contributed by atoms with E-state index >= 15 is 0 Å². The number of hydrogen-bond donors (Lipinski definition) is 1. The SMILES string of the molecule is CCCNC(=O)[C@@H](C)N(Cc1ccc(F)cc1)C(=O)CN(c1ccc2c(c1)OCCO2)S(C)(=O)=O. The normalized spacial score (nSPS) is 13.6. The van der Waals surface area contributed by atoms with Gasteiger partial charge in [0.05, 0.1) is 11.9 Å². The molecular formula is C24H30FN3O6S. The number of rotatable bonds is 10. The number of halogens is 1. The monoisotopic (exact) mass is 507 g/mol. The summed E-state index contributed by atoms with van der Waals surface area (Å²) in [6, 6.07) is 9.29. The van der Waals surface area contributed by atoms with Crippen LogP contribution in [0, 0.1) is 5.82 Å². The molecule has 0 unspecified atom stereocenters. The molecule has 2 amide bonds. The van der Waals surface area contributed by atoms with Gasteiger partial charge in [-0.1, -0.05) is 19.1 Å². The minimum absolute atomic E-state index is 0.00142. The number of carbonyl (C=O) groups excluding carboxylic acids is 2. The molecular weight excluding hydrogens is 477 g/mol. The quantitative estimate of drug-likeness (QED) is 0.529. The van der Waals surface area contributed by atoms with Gasteiger partial charge >= 0.3 is 0 Å². The van der Waals surface area contributed by atoms with E-state index in [2.05, 4.69) is 5.32 Å². The lowest BCUT2D eigenvalue weighted by atomic mass is 10.1. The van der Waals surface area contributed by atoms with Crippen LogP contribution in [0.3, 0.4) is 0 Å². The first-order valence-corrected chi connectivity index (χ1v) is 13.1. The first kappa shape index (κ1) is 26.3. The smallest absolute Gasteiger partial charge is 0.244 e. The third-order valence-electron chi connectivity index (χ3n) is 5.48.